The molecule has 0 fully saturated rings. The summed E-state index contributed by atoms with van der Waals surface area (Å²) in [6.45, 7) is 3.31. The maximum Gasteiger partial charge on any atom is 0.220 e. The molecule has 0 aromatic heterocycles. The van der Waals surface area contributed by atoms with Gasteiger partial charge >= 0.3 is 0 Å². The second-order valence-electron chi connectivity index (χ2n) is 7.79. The van der Waals surface area contributed by atoms with E-state index in [1.807, 2.05) is 25.1 Å². The highest BCUT2D eigenvalue weighted by molar-refractivity contribution is 6.30. The Hall–Kier alpha value is -2.11. The molecule has 4 nitrogen and oxygen atoms in total. The fourth-order valence-electron chi connectivity index (χ4n) is 3.70. The summed E-state index contributed by atoms with van der Waals surface area (Å²) in [6.07, 6.45) is 3.28. The van der Waals surface area contributed by atoms with Crippen LogP contribution < -0.4 is 10.1 Å². The van der Waals surface area contributed by atoms with Crippen LogP contribution in [0.15, 0.2) is 36.4 Å². The third-order valence-corrected chi connectivity index (χ3v) is 5.40. The Morgan fingerprint density at radius 2 is 2.07 bits per heavy atom. The summed E-state index contributed by atoms with van der Waals surface area (Å²) in [7, 11) is 1.65. The van der Waals surface area contributed by atoms with Gasteiger partial charge in [0.15, 0.2) is 0 Å². The van der Waals surface area contributed by atoms with Crippen molar-refractivity contribution >= 4 is 17.5 Å². The Morgan fingerprint density at radius 3 is 2.83 bits per heavy atom. The summed E-state index contributed by atoms with van der Waals surface area (Å²) in [5.41, 5.74) is 2.66. The highest BCUT2D eigenvalue weighted by Gasteiger charge is 2.35. The van der Waals surface area contributed by atoms with E-state index in [1.54, 1.807) is 13.2 Å². The zero-order valence-corrected chi connectivity index (χ0v) is 17.7. The summed E-state index contributed by atoms with van der Waals surface area (Å²) >= 11 is 5.78. The summed E-state index contributed by atoms with van der Waals surface area (Å²) in [5.74, 6) is 0.494. The molecule has 0 unspecified atom stereocenters. The van der Waals surface area contributed by atoms with E-state index in [0.717, 1.165) is 35.3 Å². The van der Waals surface area contributed by atoms with Gasteiger partial charge < -0.3 is 14.8 Å². The van der Waals surface area contributed by atoms with Crippen LogP contribution in [-0.4, -0.2) is 31.8 Å². The Morgan fingerprint density at radius 1 is 1.28 bits per heavy atom. The van der Waals surface area contributed by atoms with Gasteiger partial charge in [-0.05, 0) is 54.7 Å². The van der Waals surface area contributed by atoms with Crippen LogP contribution in [0.5, 0.6) is 5.75 Å². The SMILES string of the molecule is COCCCNC(=O)CCc1ccc2c(c1)C[C@@](C)(Cc1ccc(Cl)c(F)c1)O2. The molecule has 1 amide bonds. The van der Waals surface area contributed by atoms with Gasteiger partial charge in [0.05, 0.1) is 5.02 Å². The molecule has 6 heteroatoms. The Balaban J connectivity index is 1.55. The zero-order chi connectivity index (χ0) is 20.9. The summed E-state index contributed by atoms with van der Waals surface area (Å²) in [4.78, 5) is 12.0. The third kappa shape index (κ3) is 5.94. The Kier molecular flexibility index (Phi) is 7.14. The number of aryl methyl sites for hydroxylation is 1. The predicted molar refractivity (Wildman–Crippen MR) is 112 cm³/mol. The van der Waals surface area contributed by atoms with E-state index in [4.69, 9.17) is 21.1 Å². The van der Waals surface area contributed by atoms with Crippen LogP contribution in [0.1, 0.15) is 36.5 Å². The van der Waals surface area contributed by atoms with Crippen molar-refractivity contribution in [3.63, 3.8) is 0 Å². The van der Waals surface area contributed by atoms with Crippen LogP contribution in [-0.2, 0) is 28.8 Å². The first-order valence-electron chi connectivity index (χ1n) is 9.89. The van der Waals surface area contributed by atoms with Crippen molar-refractivity contribution in [1.82, 2.24) is 5.32 Å². The number of benzene rings is 2. The number of halogens is 2. The number of fused-ring (bicyclic) bond motifs is 1. The molecule has 0 aliphatic carbocycles. The monoisotopic (exact) mass is 419 g/mol. The smallest absolute Gasteiger partial charge is 0.220 e. The van der Waals surface area contributed by atoms with Gasteiger partial charge in [0, 0.05) is 39.5 Å². The number of rotatable bonds is 9. The normalized spacial score (nSPS) is 17.7. The van der Waals surface area contributed by atoms with E-state index in [9.17, 15) is 9.18 Å². The van der Waals surface area contributed by atoms with Gasteiger partial charge in [0.25, 0.3) is 0 Å². The molecule has 1 heterocycles. The number of ether oxygens (including phenoxy) is 2. The van der Waals surface area contributed by atoms with E-state index in [0.29, 0.717) is 32.4 Å². The summed E-state index contributed by atoms with van der Waals surface area (Å²) in [6, 6.07) is 11.0. The van der Waals surface area contributed by atoms with Crippen LogP contribution in [0.4, 0.5) is 4.39 Å². The first-order valence-corrected chi connectivity index (χ1v) is 10.3. The Labute approximate surface area is 176 Å². The first-order chi connectivity index (χ1) is 13.9. The van der Waals surface area contributed by atoms with Gasteiger partial charge in [-0.2, -0.15) is 0 Å². The molecule has 1 aliphatic rings. The lowest BCUT2D eigenvalue weighted by atomic mass is 9.91. The number of nitrogens with one attached hydrogen (secondary N) is 1. The molecule has 2 aromatic carbocycles. The largest absolute Gasteiger partial charge is 0.487 e. The fraction of sp³-hybridized carbons (Fsp3) is 0.435. The number of hydrogen-bond donors (Lipinski definition) is 1. The van der Waals surface area contributed by atoms with Crippen LogP contribution in [0.3, 0.4) is 0 Å². The zero-order valence-electron chi connectivity index (χ0n) is 16.9. The van der Waals surface area contributed by atoms with Gasteiger partial charge in [-0.3, -0.25) is 4.79 Å². The molecule has 0 bridgehead atoms. The van der Waals surface area contributed by atoms with Crippen molar-refractivity contribution in [3.05, 3.63) is 63.9 Å². The highest BCUT2D eigenvalue weighted by Crippen LogP contribution is 2.38. The molecule has 0 saturated carbocycles. The first kappa shape index (κ1) is 21.6. The van der Waals surface area contributed by atoms with Crippen LogP contribution in [0, 0.1) is 5.82 Å². The Bertz CT molecular complexity index is 873. The molecule has 2 aromatic rings. The molecular formula is C23H27ClFNO3. The van der Waals surface area contributed by atoms with Gasteiger partial charge in [-0.15, -0.1) is 0 Å². The number of methoxy groups -OCH3 is 1. The van der Waals surface area contributed by atoms with Gasteiger partial charge in [0.2, 0.25) is 5.91 Å². The molecule has 156 valence electrons. The average molecular weight is 420 g/mol. The minimum absolute atomic E-state index is 0.0486. The number of hydrogen-bond acceptors (Lipinski definition) is 3. The van der Waals surface area contributed by atoms with Gasteiger partial charge in [-0.25, -0.2) is 4.39 Å². The quantitative estimate of drug-likeness (QED) is 0.609. The van der Waals surface area contributed by atoms with Crippen LogP contribution >= 0.6 is 11.6 Å². The minimum Gasteiger partial charge on any atom is -0.487 e. The molecule has 1 aliphatic heterocycles. The molecule has 1 N–H and O–H groups in total. The average Bonchev–Trinajstić information content (AvgIpc) is 3.01. The second kappa shape index (κ2) is 9.59. The van der Waals surface area contributed by atoms with E-state index in [1.165, 1.54) is 6.07 Å². The molecule has 29 heavy (non-hydrogen) atoms. The second-order valence-corrected chi connectivity index (χ2v) is 8.20. The molecule has 3 rings (SSSR count). The van der Waals surface area contributed by atoms with Gasteiger partial charge in [0.1, 0.15) is 17.2 Å². The molecule has 0 saturated heterocycles. The van der Waals surface area contributed by atoms with Crippen LogP contribution in [0.25, 0.3) is 0 Å². The maximum absolute atomic E-state index is 13.7. The van der Waals surface area contributed by atoms with E-state index in [-0.39, 0.29) is 10.9 Å². The molecular weight excluding hydrogens is 393 g/mol. The summed E-state index contributed by atoms with van der Waals surface area (Å²) in [5, 5.41) is 3.03. The maximum atomic E-state index is 13.7. The lowest BCUT2D eigenvalue weighted by Crippen LogP contribution is -2.32. The van der Waals surface area contributed by atoms with Crippen molar-refractivity contribution in [2.75, 3.05) is 20.3 Å². The fourth-order valence-corrected chi connectivity index (χ4v) is 3.82. The molecule has 1 atom stereocenters. The van der Waals surface area contributed by atoms with Crippen molar-refractivity contribution in [1.29, 1.82) is 0 Å². The molecule has 0 radical (unpaired) electrons. The van der Waals surface area contributed by atoms with Crippen molar-refractivity contribution in [2.24, 2.45) is 0 Å². The van der Waals surface area contributed by atoms with Crippen molar-refractivity contribution in [2.45, 2.75) is 44.6 Å². The highest BCUT2D eigenvalue weighted by atomic mass is 35.5. The number of carbonyl (C=O) groups excluding carboxylic acids is 1. The number of amides is 1. The number of carbonyl (C=O) groups is 1. The van der Waals surface area contributed by atoms with Gasteiger partial charge in [-0.1, -0.05) is 29.8 Å². The topological polar surface area (TPSA) is 47.6 Å². The van der Waals surface area contributed by atoms with Crippen molar-refractivity contribution in [3.8, 4) is 5.75 Å². The minimum atomic E-state index is -0.431. The third-order valence-electron chi connectivity index (χ3n) is 5.10. The predicted octanol–water partition coefficient (Wildman–Crippen LogP) is 4.50. The van der Waals surface area contributed by atoms with Crippen molar-refractivity contribution < 1.29 is 18.7 Å². The molecule has 0 spiro atoms. The van der Waals surface area contributed by atoms with E-state index in [2.05, 4.69) is 11.4 Å². The van der Waals surface area contributed by atoms with E-state index >= 15 is 0 Å². The lowest BCUT2D eigenvalue weighted by Gasteiger charge is -2.24. The van der Waals surface area contributed by atoms with Crippen LogP contribution in [0.2, 0.25) is 5.02 Å². The lowest BCUT2D eigenvalue weighted by molar-refractivity contribution is -0.121. The standard InChI is InChI=1S/C23H27ClFNO3/c1-23(14-17-4-7-19(24)20(25)13-17)15-18-12-16(5-8-21(18)29-23)6-9-22(27)26-10-3-11-28-2/h4-5,7-8,12-13H,3,6,9-11,14-15H2,1-2H3,(H,26,27)/t23-/m1/s1. The summed E-state index contributed by atoms with van der Waals surface area (Å²) < 4.78 is 24.9. The van der Waals surface area contributed by atoms with E-state index < -0.39 is 11.4 Å².